The van der Waals surface area contributed by atoms with Gasteiger partial charge >= 0.3 is 12.2 Å². The molecule has 320 valence electrons. The fourth-order valence-corrected chi connectivity index (χ4v) is 9.08. The molecule has 6 amide bonds. The number of pyridine rings is 1. The number of nitrogens with one attached hydrogen (secondary N) is 2. The monoisotopic (exact) mass is 841 g/mol. The van der Waals surface area contributed by atoms with Crippen LogP contribution in [-0.4, -0.2) is 120 Å². The SMILES string of the molecule is C[C@@H]1CN(C(=O)Nc2ccc(OC3CCN(CC4CCN(c5ccc6c(c5)C(=O)N(C5CCC(=O)NC5=O)C6=O)CC4)CC3)cn2)CCN1c1ccc(C#N)c(C(F)(F)F)c1. The number of halogens is 3. The van der Waals surface area contributed by atoms with Crippen LogP contribution in [0.15, 0.2) is 54.7 Å². The molecule has 0 spiro atoms. The number of carbonyl (C=O) groups excluding carboxylic acids is 5. The van der Waals surface area contributed by atoms with Crippen LogP contribution >= 0.6 is 0 Å². The largest absolute Gasteiger partial charge is 0.489 e. The molecule has 1 unspecified atom stereocenters. The zero-order valence-corrected chi connectivity index (χ0v) is 33.6. The third kappa shape index (κ3) is 8.83. The molecule has 2 aromatic carbocycles. The number of hydrogen-bond donors (Lipinski definition) is 2. The number of urea groups is 1. The lowest BCUT2D eigenvalue weighted by Crippen LogP contribution is -2.54. The zero-order chi connectivity index (χ0) is 43.0. The van der Waals surface area contributed by atoms with Gasteiger partial charge in [0, 0.05) is 76.2 Å². The maximum Gasteiger partial charge on any atom is 0.417 e. The predicted molar refractivity (Wildman–Crippen MR) is 216 cm³/mol. The first-order valence-corrected chi connectivity index (χ1v) is 20.6. The Hall–Kier alpha value is -6.22. The first-order valence-electron chi connectivity index (χ1n) is 20.6. The van der Waals surface area contributed by atoms with Crippen molar-refractivity contribution in [2.45, 2.75) is 69.8 Å². The molecule has 0 aliphatic carbocycles. The van der Waals surface area contributed by atoms with E-state index < -0.39 is 47.0 Å². The highest BCUT2D eigenvalue weighted by Gasteiger charge is 2.45. The van der Waals surface area contributed by atoms with Crippen molar-refractivity contribution >= 4 is 46.9 Å². The summed E-state index contributed by atoms with van der Waals surface area (Å²) in [4.78, 5) is 77.0. The standard InChI is InChI=1S/C43H46F3N9O6/c1-26-24-53(18-19-54(26)30-3-2-28(22-47)35(21-30)43(44,45)46)42(60)49-37-8-5-32(23-48-37)61-31-12-14-51(15-13-31)25-27-10-16-52(17-11-27)29-4-6-33-34(20-29)41(59)55(40(33)58)36-7-9-38(56)50-39(36)57/h2-6,8,20-21,23,26-27,31,36H,7,9-19,24-25H2,1H3,(H,48,49,60)(H,50,56,57)/t26-,36?/m1/s1. The van der Waals surface area contributed by atoms with Gasteiger partial charge in [0.25, 0.3) is 11.8 Å². The van der Waals surface area contributed by atoms with Gasteiger partial charge in [-0.25, -0.2) is 9.78 Å². The number of aromatic nitrogens is 1. The van der Waals surface area contributed by atoms with Gasteiger partial charge in [-0.05, 0) is 93.5 Å². The number of piperazine rings is 1. The maximum absolute atomic E-state index is 13.5. The summed E-state index contributed by atoms with van der Waals surface area (Å²) in [6, 6.07) is 12.4. The summed E-state index contributed by atoms with van der Waals surface area (Å²) >= 11 is 0. The Morgan fingerprint density at radius 1 is 0.902 bits per heavy atom. The van der Waals surface area contributed by atoms with E-state index in [4.69, 9.17) is 10.00 Å². The fourth-order valence-electron chi connectivity index (χ4n) is 9.08. The Kier molecular flexibility index (Phi) is 11.6. The minimum absolute atomic E-state index is 0.0294. The third-order valence-corrected chi connectivity index (χ3v) is 12.4. The number of benzene rings is 2. The van der Waals surface area contributed by atoms with Crippen molar-refractivity contribution in [3.63, 3.8) is 0 Å². The van der Waals surface area contributed by atoms with Crippen molar-refractivity contribution < 1.29 is 41.9 Å². The van der Waals surface area contributed by atoms with Crippen LogP contribution in [0, 0.1) is 17.2 Å². The van der Waals surface area contributed by atoms with Gasteiger partial charge in [0.15, 0.2) is 0 Å². The van der Waals surface area contributed by atoms with E-state index in [2.05, 4.69) is 25.4 Å². The van der Waals surface area contributed by atoms with Crippen molar-refractivity contribution in [1.29, 1.82) is 5.26 Å². The molecular weight excluding hydrogens is 796 g/mol. The number of rotatable bonds is 8. The van der Waals surface area contributed by atoms with Crippen LogP contribution in [0.4, 0.5) is 35.2 Å². The molecule has 15 nitrogen and oxygen atoms in total. The van der Waals surface area contributed by atoms with Gasteiger partial charge in [-0.2, -0.15) is 18.4 Å². The number of anilines is 3. The highest BCUT2D eigenvalue weighted by atomic mass is 19.4. The molecule has 5 aliphatic rings. The normalized spacial score (nSPS) is 22.0. The van der Waals surface area contributed by atoms with Crippen molar-refractivity contribution in [2.24, 2.45) is 5.92 Å². The molecule has 8 rings (SSSR count). The number of carbonyl (C=O) groups is 5. The average Bonchev–Trinajstić information content (AvgIpc) is 3.49. The maximum atomic E-state index is 13.5. The van der Waals surface area contributed by atoms with Gasteiger partial charge in [0.05, 0.1) is 34.5 Å². The van der Waals surface area contributed by atoms with Crippen LogP contribution in [0.2, 0.25) is 0 Å². The molecule has 2 N–H and O–H groups in total. The molecular formula is C43H46F3N9O6. The van der Waals surface area contributed by atoms with Gasteiger partial charge in [0.1, 0.15) is 23.7 Å². The molecule has 18 heteroatoms. The van der Waals surface area contributed by atoms with Crippen molar-refractivity contribution in [2.75, 3.05) is 67.5 Å². The van der Waals surface area contributed by atoms with Crippen LogP contribution in [0.25, 0.3) is 0 Å². The van der Waals surface area contributed by atoms with Gasteiger partial charge in [0.2, 0.25) is 11.8 Å². The summed E-state index contributed by atoms with van der Waals surface area (Å²) in [6.07, 6.45) is 0.844. The summed E-state index contributed by atoms with van der Waals surface area (Å²) in [7, 11) is 0. The molecule has 6 heterocycles. The lowest BCUT2D eigenvalue weighted by atomic mass is 9.94. The lowest BCUT2D eigenvalue weighted by Gasteiger charge is -2.41. The van der Waals surface area contributed by atoms with Crippen LogP contribution in [0.1, 0.15) is 77.3 Å². The van der Waals surface area contributed by atoms with E-state index in [-0.39, 0.29) is 55.2 Å². The molecule has 5 aliphatic heterocycles. The van der Waals surface area contributed by atoms with E-state index in [0.29, 0.717) is 29.7 Å². The van der Waals surface area contributed by atoms with Gasteiger partial charge < -0.3 is 24.3 Å². The minimum Gasteiger partial charge on any atom is -0.489 e. The predicted octanol–water partition coefficient (Wildman–Crippen LogP) is 4.88. The number of nitrogens with zero attached hydrogens (tertiary/aromatic N) is 7. The summed E-state index contributed by atoms with van der Waals surface area (Å²) in [5.41, 5.74) is 0.368. The van der Waals surface area contributed by atoms with Crippen molar-refractivity contribution in [1.82, 2.24) is 25.0 Å². The molecule has 4 fully saturated rings. The Labute approximate surface area is 350 Å². The number of piperidine rings is 3. The molecule has 1 aromatic heterocycles. The van der Waals surface area contributed by atoms with Gasteiger partial charge in [-0.1, -0.05) is 0 Å². The number of amides is 6. The van der Waals surface area contributed by atoms with Crippen molar-refractivity contribution in [3.8, 4) is 11.8 Å². The lowest BCUT2D eigenvalue weighted by molar-refractivity contribution is -0.138. The summed E-state index contributed by atoms with van der Waals surface area (Å²) < 4.78 is 46.9. The molecule has 2 atom stereocenters. The van der Waals surface area contributed by atoms with E-state index in [1.54, 1.807) is 46.3 Å². The average molecular weight is 842 g/mol. The number of fused-ring (bicyclic) bond motifs is 1. The van der Waals surface area contributed by atoms with Gasteiger partial charge in [-0.3, -0.25) is 34.7 Å². The molecule has 0 radical (unpaired) electrons. The first kappa shape index (κ1) is 41.5. The topological polar surface area (TPSA) is 172 Å². The second-order valence-corrected chi connectivity index (χ2v) is 16.4. The number of imide groups is 2. The van der Waals surface area contributed by atoms with Crippen LogP contribution in [-0.2, 0) is 15.8 Å². The Morgan fingerprint density at radius 3 is 2.31 bits per heavy atom. The fraction of sp³-hybridized carbons (Fsp3) is 0.465. The molecule has 3 aromatic rings. The first-order chi connectivity index (χ1) is 29.2. The minimum atomic E-state index is -4.65. The smallest absolute Gasteiger partial charge is 0.417 e. The molecule has 0 saturated carbocycles. The van der Waals surface area contributed by atoms with E-state index in [9.17, 15) is 37.1 Å². The van der Waals surface area contributed by atoms with Crippen molar-refractivity contribution in [3.05, 3.63) is 77.0 Å². The highest BCUT2D eigenvalue weighted by Crippen LogP contribution is 2.36. The zero-order valence-electron chi connectivity index (χ0n) is 33.6. The van der Waals surface area contributed by atoms with Crippen LogP contribution < -0.4 is 25.2 Å². The molecule has 0 bridgehead atoms. The highest BCUT2D eigenvalue weighted by molar-refractivity contribution is 6.23. The summed E-state index contributed by atoms with van der Waals surface area (Å²) in [5.74, 6) is -0.569. The second-order valence-electron chi connectivity index (χ2n) is 16.4. The summed E-state index contributed by atoms with van der Waals surface area (Å²) in [5, 5.41) is 14.2. The summed E-state index contributed by atoms with van der Waals surface area (Å²) in [6.45, 7) is 7.14. The number of ether oxygens (including phenoxy) is 1. The third-order valence-electron chi connectivity index (χ3n) is 12.4. The Morgan fingerprint density at radius 2 is 1.64 bits per heavy atom. The van der Waals surface area contributed by atoms with E-state index in [0.717, 1.165) is 75.1 Å². The molecule has 4 saturated heterocycles. The number of hydrogen-bond acceptors (Lipinski definition) is 11. The number of likely N-dealkylation sites (tertiary alicyclic amines) is 1. The Bertz CT molecular complexity index is 2250. The number of alkyl halides is 3. The van der Waals surface area contributed by atoms with E-state index >= 15 is 0 Å². The van der Waals surface area contributed by atoms with Crippen LogP contribution in [0.3, 0.4) is 0 Å². The second kappa shape index (κ2) is 17.0. The van der Waals surface area contributed by atoms with E-state index in [1.165, 1.54) is 12.1 Å². The van der Waals surface area contributed by atoms with Crippen LogP contribution in [0.5, 0.6) is 5.75 Å². The van der Waals surface area contributed by atoms with Gasteiger partial charge in [-0.15, -0.1) is 0 Å². The molecule has 61 heavy (non-hydrogen) atoms. The Balaban J connectivity index is 0.753. The number of nitriles is 1. The quantitative estimate of drug-likeness (QED) is 0.297. The van der Waals surface area contributed by atoms with E-state index in [1.807, 2.05) is 13.0 Å².